The van der Waals surface area contributed by atoms with Gasteiger partial charge in [-0.15, -0.1) is 0 Å². The Hall–Kier alpha value is -0.990. The number of unbranched alkanes of at least 4 members (excludes halogenated alkanes) is 8. The maximum absolute atomic E-state index is 10.9. The molecule has 0 saturated heterocycles. The Bertz CT molecular complexity index is 214. The highest BCUT2D eigenvalue weighted by atomic mass is 16.3. The minimum Gasteiger partial charge on any atom is -0.503 e. The summed E-state index contributed by atoms with van der Waals surface area (Å²) in [7, 11) is 0. The van der Waals surface area contributed by atoms with Crippen LogP contribution in [-0.2, 0) is 4.79 Å². The number of rotatable bonds is 11. The van der Waals surface area contributed by atoms with Gasteiger partial charge in [-0.05, 0) is 6.42 Å². The lowest BCUT2D eigenvalue weighted by Crippen LogP contribution is -2.25. The molecule has 0 rings (SSSR count). The third-order valence-electron chi connectivity index (χ3n) is 2.83. The minimum atomic E-state index is -0.454. The standard InChI is InChI=1S/C14H27NO2/c1-3-4-5-6-7-8-9-10-11-12-15-14(17)13(2)16/h16H,2-12H2,1H3,(H,15,17). The number of hydrogen-bond donors (Lipinski definition) is 2. The molecule has 3 nitrogen and oxygen atoms in total. The number of aliphatic hydroxyl groups excluding tert-OH is 1. The first-order chi connectivity index (χ1) is 8.18. The second-order valence-corrected chi connectivity index (χ2v) is 4.53. The first-order valence-corrected chi connectivity index (χ1v) is 6.84. The molecule has 0 bridgehead atoms. The third kappa shape index (κ3) is 11.3. The van der Waals surface area contributed by atoms with Gasteiger partial charge in [0.15, 0.2) is 5.76 Å². The molecule has 0 aliphatic rings. The summed E-state index contributed by atoms with van der Waals surface area (Å²) in [6.45, 7) is 6.03. The molecule has 0 aliphatic heterocycles. The molecule has 3 heteroatoms. The summed E-state index contributed by atoms with van der Waals surface area (Å²) in [6.07, 6.45) is 11.4. The van der Waals surface area contributed by atoms with Crippen LogP contribution in [0.15, 0.2) is 12.3 Å². The van der Waals surface area contributed by atoms with Gasteiger partial charge in [0, 0.05) is 6.54 Å². The van der Waals surface area contributed by atoms with Gasteiger partial charge in [-0.3, -0.25) is 4.79 Å². The second-order valence-electron chi connectivity index (χ2n) is 4.53. The monoisotopic (exact) mass is 241 g/mol. The topological polar surface area (TPSA) is 49.3 Å². The van der Waals surface area contributed by atoms with E-state index in [1.54, 1.807) is 0 Å². The molecule has 0 saturated carbocycles. The van der Waals surface area contributed by atoms with E-state index in [0.29, 0.717) is 6.54 Å². The summed E-state index contributed by atoms with van der Waals surface area (Å²) < 4.78 is 0. The van der Waals surface area contributed by atoms with Gasteiger partial charge in [0.05, 0.1) is 0 Å². The van der Waals surface area contributed by atoms with E-state index in [4.69, 9.17) is 5.11 Å². The van der Waals surface area contributed by atoms with E-state index in [9.17, 15) is 4.79 Å². The van der Waals surface area contributed by atoms with Gasteiger partial charge < -0.3 is 10.4 Å². The zero-order valence-electron chi connectivity index (χ0n) is 11.1. The SMILES string of the molecule is C=C(O)C(=O)NCCCCCCCCCCC. The molecular formula is C14H27NO2. The van der Waals surface area contributed by atoms with Gasteiger partial charge in [-0.1, -0.05) is 64.9 Å². The lowest BCUT2D eigenvalue weighted by Gasteiger charge is -2.04. The van der Waals surface area contributed by atoms with Crippen molar-refractivity contribution in [2.45, 2.75) is 64.7 Å². The Balaban J connectivity index is 3.08. The summed E-state index contributed by atoms with van der Waals surface area (Å²) >= 11 is 0. The summed E-state index contributed by atoms with van der Waals surface area (Å²) in [5, 5.41) is 11.4. The van der Waals surface area contributed by atoms with Crippen LogP contribution in [0.5, 0.6) is 0 Å². The fourth-order valence-corrected chi connectivity index (χ4v) is 1.74. The van der Waals surface area contributed by atoms with Crippen LogP contribution >= 0.6 is 0 Å². The molecule has 0 aromatic carbocycles. The van der Waals surface area contributed by atoms with Gasteiger partial charge in [0.1, 0.15) is 0 Å². The first kappa shape index (κ1) is 16.0. The van der Waals surface area contributed by atoms with Crippen molar-refractivity contribution in [1.82, 2.24) is 5.32 Å². The lowest BCUT2D eigenvalue weighted by atomic mass is 10.1. The molecule has 0 heterocycles. The zero-order valence-corrected chi connectivity index (χ0v) is 11.1. The molecule has 0 atom stereocenters. The van der Waals surface area contributed by atoms with E-state index in [1.807, 2.05) is 0 Å². The fourth-order valence-electron chi connectivity index (χ4n) is 1.74. The van der Waals surface area contributed by atoms with Gasteiger partial charge in [-0.2, -0.15) is 0 Å². The molecule has 0 radical (unpaired) electrons. The highest BCUT2D eigenvalue weighted by Crippen LogP contribution is 2.09. The molecule has 0 unspecified atom stereocenters. The zero-order chi connectivity index (χ0) is 12.9. The van der Waals surface area contributed by atoms with Crippen LogP contribution in [0.4, 0.5) is 0 Å². The Labute approximate surface area is 105 Å². The quantitative estimate of drug-likeness (QED) is 0.329. The van der Waals surface area contributed by atoms with Crippen molar-refractivity contribution in [1.29, 1.82) is 0 Å². The summed E-state index contributed by atoms with van der Waals surface area (Å²) in [4.78, 5) is 10.9. The average Bonchev–Trinajstić information content (AvgIpc) is 2.31. The van der Waals surface area contributed by atoms with Crippen LogP contribution in [0.1, 0.15) is 64.7 Å². The largest absolute Gasteiger partial charge is 0.503 e. The number of aliphatic hydroxyl groups is 1. The van der Waals surface area contributed by atoms with Crippen LogP contribution < -0.4 is 5.32 Å². The van der Waals surface area contributed by atoms with Crippen molar-refractivity contribution in [2.24, 2.45) is 0 Å². The predicted octanol–water partition coefficient (Wildman–Crippen LogP) is 3.71. The van der Waals surface area contributed by atoms with E-state index >= 15 is 0 Å². The maximum Gasteiger partial charge on any atom is 0.285 e. The molecule has 17 heavy (non-hydrogen) atoms. The second kappa shape index (κ2) is 11.5. The first-order valence-electron chi connectivity index (χ1n) is 6.84. The predicted molar refractivity (Wildman–Crippen MR) is 72.0 cm³/mol. The number of carbonyl (C=O) groups is 1. The van der Waals surface area contributed by atoms with Crippen molar-refractivity contribution >= 4 is 5.91 Å². The normalized spacial score (nSPS) is 10.2. The molecule has 0 spiro atoms. The van der Waals surface area contributed by atoms with Crippen molar-refractivity contribution in [3.8, 4) is 0 Å². The van der Waals surface area contributed by atoms with Crippen molar-refractivity contribution in [3.05, 3.63) is 12.3 Å². The Kier molecular flexibility index (Phi) is 10.8. The minimum absolute atomic E-state index is 0.402. The fraction of sp³-hybridized carbons (Fsp3) is 0.786. The van der Waals surface area contributed by atoms with Gasteiger partial charge in [-0.25, -0.2) is 0 Å². The highest BCUT2D eigenvalue weighted by Gasteiger charge is 2.01. The molecular weight excluding hydrogens is 214 g/mol. The van der Waals surface area contributed by atoms with E-state index in [-0.39, 0.29) is 0 Å². The van der Waals surface area contributed by atoms with Crippen LogP contribution in [0.2, 0.25) is 0 Å². The summed E-state index contributed by atoms with van der Waals surface area (Å²) in [6, 6.07) is 0. The lowest BCUT2D eigenvalue weighted by molar-refractivity contribution is -0.119. The third-order valence-corrected chi connectivity index (χ3v) is 2.83. The summed E-state index contributed by atoms with van der Waals surface area (Å²) in [5.41, 5.74) is 0. The highest BCUT2D eigenvalue weighted by molar-refractivity contribution is 5.90. The van der Waals surface area contributed by atoms with Crippen LogP contribution in [-0.4, -0.2) is 17.6 Å². The van der Waals surface area contributed by atoms with Gasteiger partial charge in [0.25, 0.3) is 5.91 Å². The van der Waals surface area contributed by atoms with Gasteiger partial charge >= 0.3 is 0 Å². The number of nitrogens with one attached hydrogen (secondary N) is 1. The molecule has 0 aliphatic carbocycles. The van der Waals surface area contributed by atoms with Crippen LogP contribution in [0, 0.1) is 0 Å². The van der Waals surface area contributed by atoms with Crippen molar-refractivity contribution < 1.29 is 9.90 Å². The average molecular weight is 241 g/mol. The smallest absolute Gasteiger partial charge is 0.285 e. The maximum atomic E-state index is 10.9. The van der Waals surface area contributed by atoms with Crippen LogP contribution in [0.3, 0.4) is 0 Å². The molecule has 1 amide bonds. The Morgan fingerprint density at radius 3 is 1.94 bits per heavy atom. The van der Waals surface area contributed by atoms with E-state index < -0.39 is 11.7 Å². The van der Waals surface area contributed by atoms with E-state index in [2.05, 4.69) is 18.8 Å². The van der Waals surface area contributed by atoms with E-state index in [0.717, 1.165) is 12.8 Å². The number of carbonyl (C=O) groups excluding carboxylic acids is 1. The van der Waals surface area contributed by atoms with E-state index in [1.165, 1.54) is 44.9 Å². The molecule has 100 valence electrons. The van der Waals surface area contributed by atoms with Gasteiger partial charge in [0.2, 0.25) is 0 Å². The Morgan fingerprint density at radius 1 is 1.00 bits per heavy atom. The number of hydrogen-bond acceptors (Lipinski definition) is 2. The molecule has 2 N–H and O–H groups in total. The molecule has 0 aromatic heterocycles. The van der Waals surface area contributed by atoms with Crippen molar-refractivity contribution in [2.75, 3.05) is 6.54 Å². The summed E-state index contributed by atoms with van der Waals surface area (Å²) in [5.74, 6) is -0.856. The van der Waals surface area contributed by atoms with Crippen molar-refractivity contribution in [3.63, 3.8) is 0 Å². The Morgan fingerprint density at radius 2 is 1.47 bits per heavy atom. The molecule has 0 fully saturated rings. The molecule has 0 aromatic rings. The number of amides is 1. The van der Waals surface area contributed by atoms with Crippen LogP contribution in [0.25, 0.3) is 0 Å².